The van der Waals surface area contributed by atoms with E-state index in [9.17, 15) is 13.6 Å². The lowest BCUT2D eigenvalue weighted by atomic mass is 10.1. The quantitative estimate of drug-likeness (QED) is 0.718. The van der Waals surface area contributed by atoms with Gasteiger partial charge in [-0.1, -0.05) is 0 Å². The first-order chi connectivity index (χ1) is 6.68. The second kappa shape index (κ2) is 5.74. The summed E-state index contributed by atoms with van der Waals surface area (Å²) in [6.45, 7) is 0.830. The van der Waals surface area contributed by atoms with Crippen LogP contribution in [-0.2, 0) is 4.74 Å². The third kappa shape index (κ3) is 4.36. The zero-order valence-corrected chi connectivity index (χ0v) is 7.76. The van der Waals surface area contributed by atoms with Gasteiger partial charge in [-0.25, -0.2) is 13.6 Å². The number of amides is 1. The van der Waals surface area contributed by atoms with E-state index in [4.69, 9.17) is 0 Å². The Bertz CT molecular complexity index is 184. The van der Waals surface area contributed by atoms with E-state index in [1.807, 2.05) is 0 Å². The van der Waals surface area contributed by atoms with Crippen molar-refractivity contribution in [3.05, 3.63) is 0 Å². The molecule has 0 saturated carbocycles. The summed E-state index contributed by atoms with van der Waals surface area (Å²) >= 11 is 0. The molecule has 0 aromatic carbocycles. The number of rotatable bonds is 3. The highest BCUT2D eigenvalue weighted by atomic mass is 19.3. The normalized spacial score (nSPS) is 18.2. The van der Waals surface area contributed by atoms with Gasteiger partial charge in [0.25, 0.3) is 6.43 Å². The lowest BCUT2D eigenvalue weighted by Crippen LogP contribution is -2.43. The van der Waals surface area contributed by atoms with Gasteiger partial charge in [0.1, 0.15) is 0 Å². The molecular formula is C8H14F2N2O2. The van der Waals surface area contributed by atoms with Crippen LogP contribution in [0.4, 0.5) is 13.6 Å². The fourth-order valence-electron chi connectivity index (χ4n) is 1.31. The van der Waals surface area contributed by atoms with Crippen molar-refractivity contribution < 1.29 is 18.3 Å². The highest BCUT2D eigenvalue weighted by Gasteiger charge is 2.16. The number of hydrogen-bond donors (Lipinski definition) is 2. The van der Waals surface area contributed by atoms with Crippen LogP contribution in [0, 0.1) is 0 Å². The molecule has 0 aromatic heterocycles. The molecule has 2 N–H and O–H groups in total. The summed E-state index contributed by atoms with van der Waals surface area (Å²) in [4.78, 5) is 10.9. The molecule has 1 rings (SSSR count). The van der Waals surface area contributed by atoms with Gasteiger partial charge < -0.3 is 15.4 Å². The second-order valence-electron chi connectivity index (χ2n) is 3.16. The molecule has 0 atom stereocenters. The SMILES string of the molecule is O=C(NC1CCNCC1)OCC(F)F. The number of piperidine rings is 1. The summed E-state index contributed by atoms with van der Waals surface area (Å²) < 4.78 is 27.6. The maximum Gasteiger partial charge on any atom is 0.407 e. The minimum atomic E-state index is -2.60. The summed E-state index contributed by atoms with van der Waals surface area (Å²) in [6.07, 6.45) is -1.74. The van der Waals surface area contributed by atoms with Crippen molar-refractivity contribution in [1.82, 2.24) is 10.6 Å². The predicted molar refractivity (Wildman–Crippen MR) is 46.4 cm³/mol. The van der Waals surface area contributed by atoms with Crippen LogP contribution >= 0.6 is 0 Å². The number of carbonyl (C=O) groups excluding carboxylic acids is 1. The Morgan fingerprint density at radius 1 is 1.50 bits per heavy atom. The molecule has 1 heterocycles. The van der Waals surface area contributed by atoms with Crippen molar-refractivity contribution in [2.75, 3.05) is 19.7 Å². The summed E-state index contributed by atoms with van der Waals surface area (Å²) in [6, 6.07) is 0.0430. The van der Waals surface area contributed by atoms with E-state index in [1.165, 1.54) is 0 Å². The topological polar surface area (TPSA) is 50.4 Å². The molecule has 0 unspecified atom stereocenters. The van der Waals surface area contributed by atoms with Crippen molar-refractivity contribution >= 4 is 6.09 Å². The molecule has 0 bridgehead atoms. The van der Waals surface area contributed by atoms with E-state index in [2.05, 4.69) is 15.4 Å². The largest absolute Gasteiger partial charge is 0.443 e. The van der Waals surface area contributed by atoms with E-state index in [1.54, 1.807) is 0 Å². The molecule has 6 heteroatoms. The molecule has 0 aromatic rings. The Hall–Kier alpha value is -0.910. The lowest BCUT2D eigenvalue weighted by molar-refractivity contribution is 0.0471. The van der Waals surface area contributed by atoms with Gasteiger partial charge in [0.15, 0.2) is 6.61 Å². The monoisotopic (exact) mass is 208 g/mol. The molecule has 1 aliphatic heterocycles. The molecule has 14 heavy (non-hydrogen) atoms. The van der Waals surface area contributed by atoms with Crippen LogP contribution in [0.1, 0.15) is 12.8 Å². The third-order valence-electron chi connectivity index (χ3n) is 2.00. The number of carbonyl (C=O) groups is 1. The first-order valence-corrected chi connectivity index (χ1v) is 4.60. The average Bonchev–Trinajstić information content (AvgIpc) is 2.16. The maximum absolute atomic E-state index is 11.7. The number of ether oxygens (including phenoxy) is 1. The van der Waals surface area contributed by atoms with Gasteiger partial charge in [0.2, 0.25) is 0 Å². The van der Waals surface area contributed by atoms with E-state index in [0.29, 0.717) is 0 Å². The molecule has 4 nitrogen and oxygen atoms in total. The molecule has 0 radical (unpaired) electrons. The molecular weight excluding hydrogens is 194 g/mol. The fraction of sp³-hybridized carbons (Fsp3) is 0.875. The smallest absolute Gasteiger partial charge is 0.407 e. The first-order valence-electron chi connectivity index (χ1n) is 4.60. The predicted octanol–water partition coefficient (Wildman–Crippen LogP) is 0.730. The van der Waals surface area contributed by atoms with Gasteiger partial charge >= 0.3 is 6.09 Å². The summed E-state index contributed by atoms with van der Waals surface area (Å²) in [7, 11) is 0. The van der Waals surface area contributed by atoms with Crippen molar-refractivity contribution in [2.24, 2.45) is 0 Å². The lowest BCUT2D eigenvalue weighted by Gasteiger charge is -2.23. The third-order valence-corrected chi connectivity index (χ3v) is 2.00. The number of halogens is 2. The molecule has 82 valence electrons. The molecule has 1 saturated heterocycles. The minimum Gasteiger partial charge on any atom is -0.443 e. The Labute approximate surface area is 81.0 Å². The van der Waals surface area contributed by atoms with Gasteiger partial charge in [0.05, 0.1) is 0 Å². The number of alkyl halides is 2. The van der Waals surface area contributed by atoms with Crippen LogP contribution in [0.15, 0.2) is 0 Å². The standard InChI is InChI=1S/C8H14F2N2O2/c9-7(10)5-14-8(13)12-6-1-3-11-4-2-6/h6-7,11H,1-5H2,(H,12,13). The van der Waals surface area contributed by atoms with Crippen LogP contribution in [0.5, 0.6) is 0 Å². The minimum absolute atomic E-state index is 0.0430. The van der Waals surface area contributed by atoms with E-state index in [-0.39, 0.29) is 6.04 Å². The van der Waals surface area contributed by atoms with Crippen molar-refractivity contribution in [1.29, 1.82) is 0 Å². The summed E-state index contributed by atoms with van der Waals surface area (Å²) in [5.74, 6) is 0. The van der Waals surface area contributed by atoms with Gasteiger partial charge in [-0.3, -0.25) is 0 Å². The van der Waals surface area contributed by atoms with Gasteiger partial charge in [-0.05, 0) is 25.9 Å². The summed E-state index contributed by atoms with van der Waals surface area (Å²) in [5.41, 5.74) is 0. The summed E-state index contributed by atoms with van der Waals surface area (Å²) in [5, 5.41) is 5.67. The highest BCUT2D eigenvalue weighted by Crippen LogP contribution is 2.02. The van der Waals surface area contributed by atoms with Gasteiger partial charge in [-0.2, -0.15) is 0 Å². The van der Waals surface area contributed by atoms with Crippen LogP contribution in [0.25, 0.3) is 0 Å². The molecule has 1 amide bonds. The fourth-order valence-corrected chi connectivity index (χ4v) is 1.31. The maximum atomic E-state index is 11.7. The average molecular weight is 208 g/mol. The molecule has 0 spiro atoms. The Kier molecular flexibility index (Phi) is 4.58. The zero-order valence-electron chi connectivity index (χ0n) is 7.76. The van der Waals surface area contributed by atoms with Crippen LogP contribution in [0.2, 0.25) is 0 Å². The van der Waals surface area contributed by atoms with Crippen molar-refractivity contribution in [3.63, 3.8) is 0 Å². The Morgan fingerprint density at radius 3 is 2.71 bits per heavy atom. The van der Waals surface area contributed by atoms with E-state index in [0.717, 1.165) is 25.9 Å². The van der Waals surface area contributed by atoms with Gasteiger partial charge in [-0.15, -0.1) is 0 Å². The first kappa shape index (κ1) is 11.2. The Morgan fingerprint density at radius 2 is 2.14 bits per heavy atom. The van der Waals surface area contributed by atoms with Crippen LogP contribution in [0.3, 0.4) is 0 Å². The van der Waals surface area contributed by atoms with Crippen LogP contribution < -0.4 is 10.6 Å². The van der Waals surface area contributed by atoms with Crippen molar-refractivity contribution in [3.8, 4) is 0 Å². The zero-order chi connectivity index (χ0) is 10.4. The number of nitrogens with one attached hydrogen (secondary N) is 2. The van der Waals surface area contributed by atoms with Crippen molar-refractivity contribution in [2.45, 2.75) is 25.3 Å². The molecule has 1 aliphatic rings. The molecule has 1 fully saturated rings. The second-order valence-corrected chi connectivity index (χ2v) is 3.16. The van der Waals surface area contributed by atoms with Crippen LogP contribution in [-0.4, -0.2) is 38.3 Å². The van der Waals surface area contributed by atoms with E-state index < -0.39 is 19.1 Å². The van der Waals surface area contributed by atoms with E-state index >= 15 is 0 Å². The van der Waals surface area contributed by atoms with Gasteiger partial charge in [0, 0.05) is 6.04 Å². The Balaban J connectivity index is 2.12. The highest BCUT2D eigenvalue weighted by molar-refractivity contribution is 5.67. The number of alkyl carbamates (subject to hydrolysis) is 1. The molecule has 0 aliphatic carbocycles. The number of hydrogen-bond acceptors (Lipinski definition) is 3.